The number of halogens is 1. The zero-order valence-electron chi connectivity index (χ0n) is 2.78. The second-order valence-electron chi connectivity index (χ2n) is 1.11. The van der Waals surface area contributed by atoms with E-state index in [9.17, 15) is 0 Å². The zero-order chi connectivity index (χ0) is 3.70. The van der Waals surface area contributed by atoms with E-state index in [0.29, 0.717) is 12.0 Å². The third-order valence-corrected chi connectivity index (χ3v) is 0.919. The molecule has 1 unspecified atom stereocenters. The van der Waals surface area contributed by atoms with Crippen molar-refractivity contribution in [2.24, 2.45) is 0 Å². The normalized spacial score (nSPS) is 24.4. The van der Waals surface area contributed by atoms with Crippen LogP contribution in [0.25, 0.3) is 0 Å². The molecule has 34 valence electrons. The Kier molecular flexibility index (Phi) is 10.9. The Morgan fingerprint density at radius 3 is 2.00 bits per heavy atom. The Morgan fingerprint density at radius 2 is 2.00 bits per heavy atom. The summed E-state index contributed by atoms with van der Waals surface area (Å²) in [6.45, 7) is 0.878. The molecular formula is C3H7ClNa2O. The van der Waals surface area contributed by atoms with Crippen molar-refractivity contribution in [1.29, 1.82) is 0 Å². The monoisotopic (exact) mass is 140 g/mol. The van der Waals surface area contributed by atoms with Crippen molar-refractivity contribution in [3.8, 4) is 0 Å². The van der Waals surface area contributed by atoms with Crippen molar-refractivity contribution in [3.63, 3.8) is 0 Å². The van der Waals surface area contributed by atoms with E-state index in [1.807, 2.05) is 0 Å². The van der Waals surface area contributed by atoms with Crippen LogP contribution < -0.4 is 0 Å². The summed E-state index contributed by atoms with van der Waals surface area (Å²) in [5.74, 6) is 0.667. The fourth-order valence-corrected chi connectivity index (χ4v) is 0.335. The van der Waals surface area contributed by atoms with Crippen LogP contribution >= 0.6 is 11.6 Å². The Bertz CT molecular complexity index is 39.9. The number of epoxide rings is 1. The van der Waals surface area contributed by atoms with Crippen LogP contribution in [0.2, 0.25) is 0 Å². The fraction of sp³-hybridized carbons (Fsp3) is 1.00. The average Bonchev–Trinajstić information content (AvgIpc) is 2.12. The fourth-order valence-electron chi connectivity index (χ4n) is 0.157. The second kappa shape index (κ2) is 6.37. The van der Waals surface area contributed by atoms with Gasteiger partial charge in [-0.3, -0.25) is 0 Å². The van der Waals surface area contributed by atoms with Gasteiger partial charge in [0.1, 0.15) is 0 Å². The van der Waals surface area contributed by atoms with Gasteiger partial charge in [0, 0.05) is 0 Å². The van der Waals surface area contributed by atoms with Crippen LogP contribution in [0.3, 0.4) is 0 Å². The molecule has 0 bridgehead atoms. The molecule has 7 heavy (non-hydrogen) atoms. The molecule has 1 aliphatic rings. The summed E-state index contributed by atoms with van der Waals surface area (Å²) in [7, 11) is 0. The molecule has 1 nitrogen and oxygen atoms in total. The number of hydrogen-bond donors (Lipinski definition) is 0. The van der Waals surface area contributed by atoms with Crippen molar-refractivity contribution < 1.29 is 4.74 Å². The first-order chi connectivity index (χ1) is 2.43. The molecule has 4 heteroatoms. The zero-order valence-corrected chi connectivity index (χ0v) is 3.53. The minimum atomic E-state index is 0. The van der Waals surface area contributed by atoms with Crippen molar-refractivity contribution in [2.45, 2.75) is 6.10 Å². The van der Waals surface area contributed by atoms with E-state index in [2.05, 4.69) is 0 Å². The van der Waals surface area contributed by atoms with Crippen LogP contribution in [0.4, 0.5) is 0 Å². The first kappa shape index (κ1) is 12.0. The van der Waals surface area contributed by atoms with Crippen LogP contribution in [-0.2, 0) is 4.74 Å². The number of rotatable bonds is 1. The van der Waals surface area contributed by atoms with E-state index in [-0.39, 0.29) is 59.1 Å². The summed E-state index contributed by atoms with van der Waals surface area (Å²) in [6.07, 6.45) is 0.400. The van der Waals surface area contributed by atoms with Gasteiger partial charge in [-0.25, -0.2) is 0 Å². The van der Waals surface area contributed by atoms with E-state index < -0.39 is 0 Å². The topological polar surface area (TPSA) is 12.5 Å². The average molecular weight is 141 g/mol. The van der Waals surface area contributed by atoms with Gasteiger partial charge in [0.25, 0.3) is 0 Å². The third kappa shape index (κ3) is 6.13. The van der Waals surface area contributed by atoms with E-state index >= 15 is 0 Å². The summed E-state index contributed by atoms with van der Waals surface area (Å²) in [4.78, 5) is 0. The van der Waals surface area contributed by atoms with Gasteiger partial charge in [0.15, 0.2) is 0 Å². The van der Waals surface area contributed by atoms with Gasteiger partial charge in [-0.05, 0) is 0 Å². The van der Waals surface area contributed by atoms with E-state index in [4.69, 9.17) is 16.3 Å². The first-order valence-electron chi connectivity index (χ1n) is 1.61. The molecular weight excluding hydrogens is 133 g/mol. The molecule has 0 aromatic rings. The SMILES string of the molecule is ClCC1CO1.[NaH].[NaH]. The summed E-state index contributed by atoms with van der Waals surface area (Å²) in [5.41, 5.74) is 0. The predicted octanol–water partition coefficient (Wildman–Crippen LogP) is -0.673. The standard InChI is InChI=1S/C3H5ClO.2Na.2H/c4-1-3-2-5-3;;;;/h3H,1-2H2;;;;. The van der Waals surface area contributed by atoms with Gasteiger partial charge in [-0.15, -0.1) is 11.6 Å². The van der Waals surface area contributed by atoms with Gasteiger partial charge < -0.3 is 4.74 Å². The van der Waals surface area contributed by atoms with Gasteiger partial charge >= 0.3 is 59.1 Å². The van der Waals surface area contributed by atoms with E-state index in [0.717, 1.165) is 6.61 Å². The Morgan fingerprint density at radius 1 is 1.57 bits per heavy atom. The van der Waals surface area contributed by atoms with Crippen LogP contribution in [-0.4, -0.2) is 77.7 Å². The molecule has 1 aliphatic heterocycles. The molecule has 0 N–H and O–H groups in total. The quantitative estimate of drug-likeness (QED) is 0.267. The van der Waals surface area contributed by atoms with Crippen LogP contribution in [0.5, 0.6) is 0 Å². The van der Waals surface area contributed by atoms with Crippen LogP contribution in [0.15, 0.2) is 0 Å². The van der Waals surface area contributed by atoms with Gasteiger partial charge in [0.05, 0.1) is 18.6 Å². The van der Waals surface area contributed by atoms with Crippen molar-refractivity contribution in [2.75, 3.05) is 12.5 Å². The molecule has 0 aromatic heterocycles. The molecule has 1 atom stereocenters. The van der Waals surface area contributed by atoms with E-state index in [1.165, 1.54) is 0 Å². The molecule has 0 aromatic carbocycles. The predicted molar refractivity (Wildman–Crippen MR) is 34.8 cm³/mol. The van der Waals surface area contributed by atoms with Crippen molar-refractivity contribution in [1.82, 2.24) is 0 Å². The molecule has 1 heterocycles. The maximum atomic E-state index is 5.27. The van der Waals surface area contributed by atoms with Gasteiger partial charge in [0.2, 0.25) is 0 Å². The summed E-state index contributed by atoms with van der Waals surface area (Å²) in [5, 5.41) is 0. The molecule has 0 aliphatic carbocycles. The number of hydrogen-bond acceptors (Lipinski definition) is 1. The molecule has 0 saturated carbocycles. The summed E-state index contributed by atoms with van der Waals surface area (Å²) in [6, 6.07) is 0. The molecule has 1 rings (SSSR count). The first-order valence-corrected chi connectivity index (χ1v) is 2.14. The Hall–Kier alpha value is 2.25. The number of alkyl halides is 1. The van der Waals surface area contributed by atoms with Crippen molar-refractivity contribution >= 4 is 70.7 Å². The van der Waals surface area contributed by atoms with Gasteiger partial charge in [-0.2, -0.15) is 0 Å². The van der Waals surface area contributed by atoms with Crippen LogP contribution in [0.1, 0.15) is 0 Å². The molecule has 1 saturated heterocycles. The van der Waals surface area contributed by atoms with Crippen molar-refractivity contribution in [3.05, 3.63) is 0 Å². The van der Waals surface area contributed by atoms with Gasteiger partial charge in [-0.1, -0.05) is 0 Å². The summed E-state index contributed by atoms with van der Waals surface area (Å²) >= 11 is 5.27. The second-order valence-corrected chi connectivity index (χ2v) is 1.42. The van der Waals surface area contributed by atoms with E-state index in [1.54, 1.807) is 0 Å². The third-order valence-electron chi connectivity index (χ3n) is 0.574. The van der Waals surface area contributed by atoms with Crippen LogP contribution in [0, 0.1) is 0 Å². The molecule has 0 radical (unpaired) electrons. The Balaban J connectivity index is 0. The summed E-state index contributed by atoms with van der Waals surface area (Å²) < 4.78 is 4.73. The minimum absolute atomic E-state index is 0. The Labute approximate surface area is 92.7 Å². The molecule has 1 fully saturated rings. The number of ether oxygens (including phenoxy) is 1. The maximum absolute atomic E-state index is 5.27. The molecule has 0 spiro atoms. The molecule has 0 amide bonds.